The highest BCUT2D eigenvalue weighted by molar-refractivity contribution is 7.89. The summed E-state index contributed by atoms with van der Waals surface area (Å²) in [5.41, 5.74) is 3.84. The Morgan fingerprint density at radius 2 is 1.88 bits per heavy atom. The lowest BCUT2D eigenvalue weighted by Gasteiger charge is -2.46. The van der Waals surface area contributed by atoms with Crippen LogP contribution in [0.4, 0.5) is 4.39 Å². The normalized spacial score (nSPS) is 22.0. The number of ketones is 1. The van der Waals surface area contributed by atoms with Crippen molar-refractivity contribution in [2.24, 2.45) is 12.5 Å². The van der Waals surface area contributed by atoms with Crippen LogP contribution in [-0.2, 0) is 23.5 Å². The fourth-order valence-corrected chi connectivity index (χ4v) is 8.72. The Hall–Kier alpha value is -3.89. The Bertz CT molecular complexity index is 1840. The molecule has 0 aliphatic heterocycles. The molecule has 42 heavy (non-hydrogen) atoms. The number of benzene rings is 1. The van der Waals surface area contributed by atoms with Gasteiger partial charge in [0.05, 0.1) is 27.9 Å². The van der Waals surface area contributed by atoms with Crippen molar-refractivity contribution in [1.82, 2.24) is 23.6 Å². The van der Waals surface area contributed by atoms with Crippen molar-refractivity contribution in [3.05, 3.63) is 101 Å². The van der Waals surface area contributed by atoms with Gasteiger partial charge in [-0.1, -0.05) is 5.57 Å². The quantitative estimate of drug-likeness (QED) is 0.276. The van der Waals surface area contributed by atoms with Crippen LogP contribution in [0.1, 0.15) is 59.4 Å². The number of carbonyl (C=O) groups excluding carboxylic acids is 1. The number of fused-ring (bicyclic) bond motifs is 2. The molecule has 2 saturated carbocycles. The number of hydrogen-bond donors (Lipinski definition) is 0. The number of allylic oxidation sites excluding steroid dienone is 1. The van der Waals surface area contributed by atoms with Crippen molar-refractivity contribution in [1.29, 1.82) is 0 Å². The molecule has 8 nitrogen and oxygen atoms in total. The van der Waals surface area contributed by atoms with E-state index in [0.29, 0.717) is 31.4 Å². The minimum atomic E-state index is -3.76. The Balaban J connectivity index is 1.32. The van der Waals surface area contributed by atoms with Crippen molar-refractivity contribution in [2.45, 2.75) is 62.4 Å². The van der Waals surface area contributed by atoms with Gasteiger partial charge >= 0.3 is 0 Å². The third-order valence-electron chi connectivity index (χ3n) is 8.94. The average molecular weight is 586 g/mol. The first-order chi connectivity index (χ1) is 20.2. The fraction of sp³-hybridized carbons (Fsp3) is 0.344. The zero-order valence-electron chi connectivity index (χ0n) is 23.6. The van der Waals surface area contributed by atoms with Crippen LogP contribution in [0.5, 0.6) is 0 Å². The summed E-state index contributed by atoms with van der Waals surface area (Å²) in [4.78, 5) is 19.3. The van der Waals surface area contributed by atoms with Crippen LogP contribution in [0.2, 0.25) is 0 Å². The van der Waals surface area contributed by atoms with Gasteiger partial charge in [-0.3, -0.25) is 9.78 Å². The number of hydrogen-bond acceptors (Lipinski definition) is 5. The van der Waals surface area contributed by atoms with E-state index >= 15 is 0 Å². The number of pyridine rings is 1. The predicted octanol–water partition coefficient (Wildman–Crippen LogP) is 5.27. The molecule has 2 fully saturated rings. The zero-order valence-corrected chi connectivity index (χ0v) is 24.4. The number of Topliss-reactive ketones (excluding diaryl/α,β-unsaturated/α-hetero) is 1. The van der Waals surface area contributed by atoms with Crippen molar-refractivity contribution in [2.75, 3.05) is 0 Å². The number of rotatable bonds is 7. The third kappa shape index (κ3) is 4.44. The lowest BCUT2D eigenvalue weighted by atomic mass is 9.60. The van der Waals surface area contributed by atoms with Gasteiger partial charge in [-0.2, -0.15) is 9.40 Å². The smallest absolute Gasteiger partial charge is 0.245 e. The van der Waals surface area contributed by atoms with Crippen LogP contribution in [-0.4, -0.2) is 49.9 Å². The summed E-state index contributed by atoms with van der Waals surface area (Å²) in [7, 11) is -1.94. The minimum Gasteiger partial charge on any atom is -0.356 e. The third-order valence-corrected chi connectivity index (χ3v) is 10.9. The number of aryl methyl sites for hydroxylation is 2. The number of halogens is 1. The van der Waals surface area contributed by atoms with Crippen LogP contribution < -0.4 is 0 Å². The highest BCUT2D eigenvalue weighted by Crippen LogP contribution is 2.52. The molecule has 0 saturated heterocycles. The molecule has 3 heterocycles. The molecule has 216 valence electrons. The van der Waals surface area contributed by atoms with Gasteiger partial charge in [-0.15, -0.1) is 0 Å². The lowest BCUT2D eigenvalue weighted by molar-refractivity contribution is 0.0733. The largest absolute Gasteiger partial charge is 0.356 e. The summed E-state index contributed by atoms with van der Waals surface area (Å²) in [5, 5.41) is 4.62. The molecule has 3 aliphatic rings. The summed E-state index contributed by atoms with van der Waals surface area (Å²) in [5.74, 6) is -0.410. The molecule has 2 atom stereocenters. The molecule has 0 amide bonds. The van der Waals surface area contributed by atoms with Crippen molar-refractivity contribution in [3.63, 3.8) is 0 Å². The Morgan fingerprint density at radius 1 is 1.10 bits per heavy atom. The fourth-order valence-electron chi connectivity index (χ4n) is 6.77. The van der Waals surface area contributed by atoms with E-state index < -0.39 is 15.4 Å². The monoisotopic (exact) mass is 585 g/mol. The molecule has 0 N–H and O–H groups in total. The zero-order chi connectivity index (χ0) is 29.2. The van der Waals surface area contributed by atoms with Gasteiger partial charge in [0.25, 0.3) is 0 Å². The van der Waals surface area contributed by atoms with Gasteiger partial charge in [0.1, 0.15) is 11.5 Å². The van der Waals surface area contributed by atoms with Gasteiger partial charge in [0, 0.05) is 37.7 Å². The van der Waals surface area contributed by atoms with Gasteiger partial charge in [-0.05, 0) is 105 Å². The molecule has 10 heteroatoms. The molecule has 1 aromatic carbocycles. The van der Waals surface area contributed by atoms with Gasteiger partial charge in [0.15, 0.2) is 5.78 Å². The Morgan fingerprint density at radius 3 is 2.57 bits per heavy atom. The number of nitrogens with zero attached hydrogens (tertiary/aromatic N) is 5. The Kier molecular flexibility index (Phi) is 6.32. The van der Waals surface area contributed by atoms with E-state index in [0.717, 1.165) is 40.9 Å². The van der Waals surface area contributed by atoms with Crippen LogP contribution in [0.25, 0.3) is 11.8 Å². The van der Waals surface area contributed by atoms with E-state index in [-0.39, 0.29) is 28.6 Å². The second-order valence-corrected chi connectivity index (χ2v) is 13.7. The van der Waals surface area contributed by atoms with Crippen LogP contribution >= 0.6 is 0 Å². The van der Waals surface area contributed by atoms with E-state index in [9.17, 15) is 17.6 Å². The van der Waals surface area contributed by atoms with Crippen LogP contribution in [0.3, 0.4) is 0 Å². The summed E-state index contributed by atoms with van der Waals surface area (Å²) in [6.45, 7) is 1.93. The first kappa shape index (κ1) is 27.0. The molecule has 4 aromatic rings. The summed E-state index contributed by atoms with van der Waals surface area (Å²) < 4.78 is 46.9. The van der Waals surface area contributed by atoms with E-state index in [1.165, 1.54) is 12.1 Å². The highest BCUT2D eigenvalue weighted by atomic mass is 32.2. The summed E-state index contributed by atoms with van der Waals surface area (Å²) in [6.07, 6.45) is 12.5. The van der Waals surface area contributed by atoms with E-state index in [4.69, 9.17) is 0 Å². The number of carbonyl (C=O) groups is 1. The van der Waals surface area contributed by atoms with Crippen LogP contribution in [0, 0.1) is 18.2 Å². The van der Waals surface area contributed by atoms with E-state index in [1.54, 1.807) is 56.5 Å². The summed E-state index contributed by atoms with van der Waals surface area (Å²) >= 11 is 0. The predicted molar refractivity (Wildman–Crippen MR) is 156 cm³/mol. The molecule has 3 aliphatic carbocycles. The maximum atomic E-state index is 14.6. The average Bonchev–Trinajstić information content (AvgIpc) is 3.55. The van der Waals surface area contributed by atoms with E-state index in [2.05, 4.69) is 10.1 Å². The SMILES string of the molecule is Cc1ccnc(C(=O)[C@]23Cc4cnn(-c5ccc(F)cc5)c4C=C2CC[C@H](N(C2CC2)S(=O)(=O)c2ccn(C)c2)C3)c1. The molecule has 0 spiro atoms. The maximum absolute atomic E-state index is 14.6. The maximum Gasteiger partial charge on any atom is 0.245 e. The van der Waals surface area contributed by atoms with Crippen LogP contribution in [0.15, 0.2) is 77.7 Å². The van der Waals surface area contributed by atoms with Gasteiger partial charge in [-0.25, -0.2) is 17.5 Å². The lowest BCUT2D eigenvalue weighted by Crippen LogP contribution is -2.51. The topological polar surface area (TPSA) is 90.1 Å². The van der Waals surface area contributed by atoms with Crippen molar-refractivity contribution in [3.8, 4) is 5.69 Å². The van der Waals surface area contributed by atoms with Gasteiger partial charge in [0.2, 0.25) is 10.0 Å². The second-order valence-electron chi connectivity index (χ2n) is 11.9. The Labute approximate surface area is 244 Å². The molecular formula is C32H32FN5O3S. The molecule has 0 unspecified atom stereocenters. The number of aromatic nitrogens is 4. The molecule has 3 aromatic heterocycles. The first-order valence-electron chi connectivity index (χ1n) is 14.3. The molecule has 0 bridgehead atoms. The second kappa shape index (κ2) is 9.84. The number of sulfonamides is 1. The molecule has 7 rings (SSSR count). The minimum absolute atomic E-state index is 0.0599. The summed E-state index contributed by atoms with van der Waals surface area (Å²) in [6, 6.07) is 11.1. The highest BCUT2D eigenvalue weighted by Gasteiger charge is 2.53. The first-order valence-corrected chi connectivity index (χ1v) is 15.8. The van der Waals surface area contributed by atoms with Crippen molar-refractivity contribution >= 4 is 21.9 Å². The standard InChI is InChI=1S/C32H32FN5O3S/c1-21-11-13-34-29(15-21)31(39)32-17-22-19-35-37(25-7-4-24(33)5-8-25)30(22)16-23(32)3-6-27(18-32)38(26-9-10-26)42(40,41)28-12-14-36(2)20-28/h4-5,7-8,11-16,19-20,26-27H,3,6,9-10,17-18H2,1-2H3/t27-,32-/m0/s1. The van der Waals surface area contributed by atoms with E-state index in [1.807, 2.05) is 32.2 Å². The molecule has 0 radical (unpaired) electrons. The van der Waals surface area contributed by atoms with Gasteiger partial charge < -0.3 is 4.57 Å². The van der Waals surface area contributed by atoms with Crippen molar-refractivity contribution < 1.29 is 17.6 Å². The molecular weight excluding hydrogens is 553 g/mol.